The van der Waals surface area contributed by atoms with Crippen molar-refractivity contribution < 1.29 is 19.1 Å². The molecule has 0 radical (unpaired) electrons. The van der Waals surface area contributed by atoms with E-state index in [1.165, 1.54) is 4.90 Å². The fourth-order valence-corrected chi connectivity index (χ4v) is 2.73. The number of carbonyl (C=O) groups is 2. The fraction of sp³-hybridized carbons (Fsp3) is 0.550. The van der Waals surface area contributed by atoms with E-state index < -0.39 is 0 Å². The van der Waals surface area contributed by atoms with E-state index in [0.717, 1.165) is 24.3 Å². The summed E-state index contributed by atoms with van der Waals surface area (Å²) in [5.41, 5.74) is 1.07. The molecule has 0 aromatic heterocycles. The number of benzene rings is 1. The van der Waals surface area contributed by atoms with Crippen LogP contribution in [-0.2, 0) is 16.1 Å². The normalized spacial score (nSPS) is 14.1. The van der Waals surface area contributed by atoms with E-state index in [2.05, 4.69) is 20.9 Å². The lowest BCUT2D eigenvalue weighted by atomic mass is 10.2. The van der Waals surface area contributed by atoms with Gasteiger partial charge in [0.2, 0.25) is 5.91 Å². The number of nitrogens with zero attached hydrogens (tertiary/aromatic N) is 2. The van der Waals surface area contributed by atoms with Gasteiger partial charge in [0.1, 0.15) is 5.75 Å². The van der Waals surface area contributed by atoms with E-state index in [4.69, 9.17) is 9.47 Å². The summed E-state index contributed by atoms with van der Waals surface area (Å²) in [6.07, 6.45) is 1.51. The number of ether oxygens (including phenoxy) is 2. The third kappa shape index (κ3) is 7.98. The van der Waals surface area contributed by atoms with Crippen LogP contribution in [0.5, 0.6) is 5.75 Å². The van der Waals surface area contributed by atoms with Crippen LogP contribution in [0.4, 0.5) is 4.79 Å². The Morgan fingerprint density at radius 3 is 2.52 bits per heavy atom. The van der Waals surface area contributed by atoms with Crippen LogP contribution in [0, 0.1) is 0 Å². The predicted octanol–water partition coefficient (Wildman–Crippen LogP) is 1.10. The van der Waals surface area contributed by atoms with Crippen LogP contribution in [0.1, 0.15) is 25.3 Å². The van der Waals surface area contributed by atoms with Crippen molar-refractivity contribution >= 4 is 17.9 Å². The van der Waals surface area contributed by atoms with Gasteiger partial charge >= 0.3 is 6.03 Å². The number of carbonyl (C=O) groups excluding carboxylic acids is 2. The Kier molecular flexibility index (Phi) is 9.77. The predicted molar refractivity (Wildman–Crippen MR) is 111 cm³/mol. The Hall–Kier alpha value is -2.81. The molecule has 0 spiro atoms. The summed E-state index contributed by atoms with van der Waals surface area (Å²) < 4.78 is 10.5. The van der Waals surface area contributed by atoms with Crippen LogP contribution in [0.25, 0.3) is 0 Å². The number of hydrogen-bond acceptors (Lipinski definition) is 5. The van der Waals surface area contributed by atoms with Gasteiger partial charge in [-0.15, -0.1) is 0 Å². The molecule has 0 atom stereocenters. The molecule has 1 aliphatic heterocycles. The number of methoxy groups -OCH3 is 1. The average Bonchev–Trinajstić information content (AvgIpc) is 3.06. The van der Waals surface area contributed by atoms with Crippen LogP contribution < -0.4 is 20.7 Å². The first-order chi connectivity index (χ1) is 14.1. The summed E-state index contributed by atoms with van der Waals surface area (Å²) in [6, 6.07) is 7.45. The van der Waals surface area contributed by atoms with Gasteiger partial charge in [0.15, 0.2) is 5.96 Å². The zero-order valence-corrected chi connectivity index (χ0v) is 17.2. The van der Waals surface area contributed by atoms with Gasteiger partial charge in [0, 0.05) is 32.8 Å². The Bertz CT molecular complexity index is 662. The van der Waals surface area contributed by atoms with Crippen molar-refractivity contribution in [3.63, 3.8) is 0 Å². The highest BCUT2D eigenvalue weighted by atomic mass is 16.5. The second-order valence-corrected chi connectivity index (χ2v) is 6.47. The van der Waals surface area contributed by atoms with Crippen molar-refractivity contribution in [3.8, 4) is 5.75 Å². The third-order valence-corrected chi connectivity index (χ3v) is 4.33. The minimum absolute atomic E-state index is 0.0855. The van der Waals surface area contributed by atoms with E-state index in [-0.39, 0.29) is 18.5 Å². The van der Waals surface area contributed by atoms with Gasteiger partial charge in [-0.1, -0.05) is 12.1 Å². The highest BCUT2D eigenvalue weighted by molar-refractivity contribution is 6.01. The summed E-state index contributed by atoms with van der Waals surface area (Å²) in [5.74, 6) is 1.32. The summed E-state index contributed by atoms with van der Waals surface area (Å²) in [6.45, 7) is 5.70. The van der Waals surface area contributed by atoms with Gasteiger partial charge < -0.3 is 25.4 Å². The maximum Gasteiger partial charge on any atom is 0.324 e. The molecule has 1 aromatic carbocycles. The molecule has 160 valence electrons. The molecule has 0 unspecified atom stereocenters. The molecule has 9 nitrogen and oxygen atoms in total. The third-order valence-electron chi connectivity index (χ3n) is 4.33. The zero-order valence-electron chi connectivity index (χ0n) is 17.2. The van der Waals surface area contributed by atoms with E-state index in [1.54, 1.807) is 7.11 Å². The van der Waals surface area contributed by atoms with Gasteiger partial charge in [-0.2, -0.15) is 0 Å². The molecule has 2 rings (SSSR count). The minimum atomic E-state index is -0.322. The Morgan fingerprint density at radius 1 is 1.17 bits per heavy atom. The molecule has 1 aliphatic rings. The Labute approximate surface area is 171 Å². The first-order valence-corrected chi connectivity index (χ1v) is 9.95. The summed E-state index contributed by atoms with van der Waals surface area (Å²) in [5, 5.41) is 9.07. The maximum absolute atomic E-state index is 11.6. The number of hydrogen-bond donors (Lipinski definition) is 3. The number of rotatable bonds is 12. The van der Waals surface area contributed by atoms with Crippen LogP contribution in [0.15, 0.2) is 29.3 Å². The zero-order chi connectivity index (χ0) is 20.9. The van der Waals surface area contributed by atoms with Crippen LogP contribution in [-0.4, -0.2) is 69.3 Å². The maximum atomic E-state index is 11.6. The number of imide groups is 1. The van der Waals surface area contributed by atoms with Crippen molar-refractivity contribution in [2.24, 2.45) is 4.99 Å². The van der Waals surface area contributed by atoms with E-state index >= 15 is 0 Å². The van der Waals surface area contributed by atoms with Crippen molar-refractivity contribution in [2.45, 2.75) is 26.3 Å². The molecule has 1 saturated heterocycles. The molecule has 1 heterocycles. The molecule has 0 bridgehead atoms. The number of amides is 3. The van der Waals surface area contributed by atoms with Gasteiger partial charge in [0.05, 0.1) is 20.2 Å². The van der Waals surface area contributed by atoms with Crippen molar-refractivity contribution in [2.75, 3.05) is 46.5 Å². The second kappa shape index (κ2) is 12.6. The van der Waals surface area contributed by atoms with Crippen LogP contribution >= 0.6 is 0 Å². The lowest BCUT2D eigenvalue weighted by Gasteiger charge is -2.15. The number of nitrogens with one attached hydrogen (secondary N) is 3. The highest BCUT2D eigenvalue weighted by Crippen LogP contribution is 2.11. The number of aliphatic imine (C=N–C) groups is 1. The summed E-state index contributed by atoms with van der Waals surface area (Å²) >= 11 is 0. The molecular formula is C20H31N5O4. The van der Waals surface area contributed by atoms with Crippen molar-refractivity contribution in [3.05, 3.63) is 29.8 Å². The van der Waals surface area contributed by atoms with Gasteiger partial charge in [-0.25, -0.2) is 9.79 Å². The Balaban J connectivity index is 1.82. The SMILES string of the molecule is CCOCCCNC(=NCc1ccc(OC)cc1)NCCCN1C(=O)CNC1=O. The largest absolute Gasteiger partial charge is 0.497 e. The van der Waals surface area contributed by atoms with E-state index in [9.17, 15) is 9.59 Å². The van der Waals surface area contributed by atoms with Crippen LogP contribution in [0.2, 0.25) is 0 Å². The lowest BCUT2D eigenvalue weighted by molar-refractivity contribution is -0.125. The van der Waals surface area contributed by atoms with Crippen LogP contribution in [0.3, 0.4) is 0 Å². The van der Waals surface area contributed by atoms with E-state index in [1.807, 2.05) is 31.2 Å². The molecule has 1 aromatic rings. The quantitative estimate of drug-likeness (QED) is 0.208. The van der Waals surface area contributed by atoms with Crippen molar-refractivity contribution in [1.82, 2.24) is 20.9 Å². The monoisotopic (exact) mass is 405 g/mol. The topological polar surface area (TPSA) is 104 Å². The fourth-order valence-electron chi connectivity index (χ4n) is 2.73. The molecular weight excluding hydrogens is 374 g/mol. The molecule has 9 heteroatoms. The standard InChI is InChI=1S/C20H31N5O4/c1-3-29-13-5-11-22-19(23-14-16-6-8-17(28-2)9-7-16)21-10-4-12-25-18(26)15-24-20(25)27/h6-9H,3-5,10-15H2,1-2H3,(H,24,27)(H2,21,22,23). The van der Waals surface area contributed by atoms with Crippen molar-refractivity contribution in [1.29, 1.82) is 0 Å². The van der Waals surface area contributed by atoms with Gasteiger partial charge in [-0.3, -0.25) is 9.69 Å². The molecule has 0 aliphatic carbocycles. The molecule has 3 N–H and O–H groups in total. The first-order valence-electron chi connectivity index (χ1n) is 9.95. The number of urea groups is 1. The Morgan fingerprint density at radius 2 is 1.90 bits per heavy atom. The molecule has 29 heavy (non-hydrogen) atoms. The molecule has 3 amide bonds. The smallest absolute Gasteiger partial charge is 0.324 e. The van der Waals surface area contributed by atoms with E-state index in [0.29, 0.717) is 45.2 Å². The number of guanidine groups is 1. The lowest BCUT2D eigenvalue weighted by Crippen LogP contribution is -2.40. The molecule has 1 fully saturated rings. The minimum Gasteiger partial charge on any atom is -0.497 e. The summed E-state index contributed by atoms with van der Waals surface area (Å²) in [4.78, 5) is 29.0. The summed E-state index contributed by atoms with van der Waals surface area (Å²) in [7, 11) is 1.64. The second-order valence-electron chi connectivity index (χ2n) is 6.47. The first kappa shape index (κ1) is 22.5. The van der Waals surface area contributed by atoms with Gasteiger partial charge in [0.25, 0.3) is 0 Å². The van der Waals surface area contributed by atoms with Gasteiger partial charge in [-0.05, 0) is 37.5 Å². The highest BCUT2D eigenvalue weighted by Gasteiger charge is 2.27. The molecule has 0 saturated carbocycles. The average molecular weight is 405 g/mol.